The number of hydrogen-bond acceptors (Lipinski definition) is 5. The lowest BCUT2D eigenvalue weighted by Crippen LogP contribution is -2.62. The molecule has 2 heterocycles. The second kappa shape index (κ2) is 8.70. The van der Waals surface area contributed by atoms with Gasteiger partial charge in [-0.05, 0) is 63.1 Å². The van der Waals surface area contributed by atoms with E-state index < -0.39 is 25.6 Å². The fourth-order valence-electron chi connectivity index (χ4n) is 5.75. The lowest BCUT2D eigenvalue weighted by molar-refractivity contribution is -0.129. The maximum absolute atomic E-state index is 13.5. The largest absolute Gasteiger partial charge is 0.352 e. The van der Waals surface area contributed by atoms with Gasteiger partial charge in [0.2, 0.25) is 26.0 Å². The second-order valence-corrected chi connectivity index (χ2v) is 13.3. The third kappa shape index (κ3) is 4.73. The molecule has 2 aliphatic heterocycles. The van der Waals surface area contributed by atoms with Gasteiger partial charge in [0.25, 0.3) is 0 Å². The first-order valence-electron chi connectivity index (χ1n) is 11.4. The number of carbonyl (C=O) groups excluding carboxylic acids is 1. The van der Waals surface area contributed by atoms with Crippen LogP contribution in [0, 0.1) is 6.92 Å². The van der Waals surface area contributed by atoms with E-state index in [0.29, 0.717) is 25.7 Å². The van der Waals surface area contributed by atoms with Crippen molar-refractivity contribution in [3.05, 3.63) is 29.8 Å². The van der Waals surface area contributed by atoms with Crippen LogP contribution in [0.2, 0.25) is 0 Å². The SMILES string of the molecule is Cc1cccc(S(=O)(=O)NC2(C(=O)NC3CC4CCC(C3)N4S(C)(=O)=O)CCCCC2)c1. The quantitative estimate of drug-likeness (QED) is 0.643. The van der Waals surface area contributed by atoms with E-state index in [1.165, 1.54) is 6.26 Å². The summed E-state index contributed by atoms with van der Waals surface area (Å²) in [6.45, 7) is 1.83. The fraction of sp³-hybridized carbons (Fsp3) is 0.682. The molecule has 2 atom stereocenters. The summed E-state index contributed by atoms with van der Waals surface area (Å²) in [4.78, 5) is 13.7. The summed E-state index contributed by atoms with van der Waals surface area (Å²) < 4.78 is 55.0. The normalized spacial score (nSPS) is 28.4. The van der Waals surface area contributed by atoms with Crippen LogP contribution in [0.5, 0.6) is 0 Å². The molecule has 8 nitrogen and oxygen atoms in total. The zero-order chi connectivity index (χ0) is 23.1. The van der Waals surface area contributed by atoms with Crippen LogP contribution in [0.15, 0.2) is 29.2 Å². The molecule has 3 aliphatic rings. The summed E-state index contributed by atoms with van der Waals surface area (Å²) in [5.41, 5.74) is -0.337. The van der Waals surface area contributed by atoms with E-state index in [1.807, 2.05) is 13.0 Å². The number of nitrogens with zero attached hydrogens (tertiary/aromatic N) is 1. The first-order valence-corrected chi connectivity index (χ1v) is 14.7. The Labute approximate surface area is 191 Å². The Bertz CT molecular complexity index is 1070. The smallest absolute Gasteiger partial charge is 0.241 e. The average molecular weight is 484 g/mol. The molecule has 1 aromatic rings. The number of aryl methyl sites for hydroxylation is 1. The number of amides is 1. The summed E-state index contributed by atoms with van der Waals surface area (Å²) in [6, 6.07) is 6.33. The minimum atomic E-state index is -3.86. The highest BCUT2D eigenvalue weighted by molar-refractivity contribution is 7.89. The van der Waals surface area contributed by atoms with Crippen molar-refractivity contribution in [3.63, 3.8) is 0 Å². The van der Waals surface area contributed by atoms with Crippen molar-refractivity contribution < 1.29 is 21.6 Å². The summed E-state index contributed by atoms with van der Waals surface area (Å²) in [6.07, 6.45) is 7.42. The summed E-state index contributed by atoms with van der Waals surface area (Å²) in [5, 5.41) is 3.10. The standard InChI is InChI=1S/C22H33N3O5S2/c1-16-7-6-8-20(13-16)32(29,30)24-22(11-4-3-5-12-22)21(26)23-17-14-18-9-10-19(15-17)25(18)31(2,27)28/h6-8,13,17-19,24H,3-5,9-12,14-15H2,1-2H3,(H,23,26). The summed E-state index contributed by atoms with van der Waals surface area (Å²) in [5.74, 6) is -0.286. The number of rotatable bonds is 6. The topological polar surface area (TPSA) is 113 Å². The van der Waals surface area contributed by atoms with Crippen molar-refractivity contribution in [3.8, 4) is 0 Å². The number of sulfonamides is 2. The van der Waals surface area contributed by atoms with Crippen molar-refractivity contribution in [2.45, 2.75) is 93.3 Å². The van der Waals surface area contributed by atoms with E-state index in [2.05, 4.69) is 10.0 Å². The summed E-state index contributed by atoms with van der Waals surface area (Å²) in [7, 11) is -7.14. The zero-order valence-corrected chi connectivity index (χ0v) is 20.3. The van der Waals surface area contributed by atoms with Crippen LogP contribution < -0.4 is 10.0 Å². The van der Waals surface area contributed by atoms with E-state index in [-0.39, 0.29) is 28.9 Å². The van der Waals surface area contributed by atoms with Gasteiger partial charge in [0.05, 0.1) is 11.2 Å². The molecule has 2 N–H and O–H groups in total. The van der Waals surface area contributed by atoms with Crippen LogP contribution in [-0.2, 0) is 24.8 Å². The number of carbonyl (C=O) groups is 1. The van der Waals surface area contributed by atoms with Crippen molar-refractivity contribution in [1.29, 1.82) is 0 Å². The van der Waals surface area contributed by atoms with Crippen LogP contribution in [0.4, 0.5) is 0 Å². The average Bonchev–Trinajstić information content (AvgIpc) is 3.00. The van der Waals surface area contributed by atoms with Crippen LogP contribution in [-0.4, -0.2) is 57.0 Å². The van der Waals surface area contributed by atoms with E-state index >= 15 is 0 Å². The number of fused-ring (bicyclic) bond motifs is 2. The molecular formula is C22H33N3O5S2. The van der Waals surface area contributed by atoms with Gasteiger partial charge in [0, 0.05) is 18.1 Å². The molecule has 2 saturated heterocycles. The predicted octanol–water partition coefficient (Wildman–Crippen LogP) is 2.05. The van der Waals surface area contributed by atoms with Crippen molar-refractivity contribution in [2.24, 2.45) is 0 Å². The maximum atomic E-state index is 13.5. The lowest BCUT2D eigenvalue weighted by Gasteiger charge is -2.41. The molecule has 2 unspecified atom stereocenters. The molecule has 1 amide bonds. The molecule has 4 rings (SSSR count). The Balaban J connectivity index is 1.52. The van der Waals surface area contributed by atoms with Gasteiger partial charge in [-0.25, -0.2) is 16.8 Å². The molecule has 0 spiro atoms. The molecule has 1 aliphatic carbocycles. The Kier molecular flexibility index (Phi) is 6.43. The Morgan fingerprint density at radius 2 is 1.66 bits per heavy atom. The van der Waals surface area contributed by atoms with Gasteiger partial charge < -0.3 is 5.32 Å². The minimum Gasteiger partial charge on any atom is -0.352 e. The highest BCUT2D eigenvalue weighted by Crippen LogP contribution is 2.38. The molecule has 10 heteroatoms. The van der Waals surface area contributed by atoms with Gasteiger partial charge in [-0.2, -0.15) is 9.03 Å². The number of hydrogen-bond donors (Lipinski definition) is 2. The zero-order valence-electron chi connectivity index (χ0n) is 18.7. The molecule has 0 aromatic heterocycles. The third-order valence-corrected chi connectivity index (χ3v) is 10.1. The first kappa shape index (κ1) is 23.7. The molecule has 1 saturated carbocycles. The van der Waals surface area contributed by atoms with Crippen molar-refractivity contribution >= 4 is 26.0 Å². The van der Waals surface area contributed by atoms with E-state index in [1.54, 1.807) is 22.5 Å². The molecule has 178 valence electrons. The van der Waals surface area contributed by atoms with Gasteiger partial charge in [-0.15, -0.1) is 0 Å². The number of nitrogens with one attached hydrogen (secondary N) is 2. The maximum Gasteiger partial charge on any atom is 0.241 e. The van der Waals surface area contributed by atoms with E-state index in [9.17, 15) is 21.6 Å². The van der Waals surface area contributed by atoms with Crippen LogP contribution in [0.25, 0.3) is 0 Å². The number of piperidine rings is 1. The molecule has 1 aromatic carbocycles. The predicted molar refractivity (Wildman–Crippen MR) is 122 cm³/mol. The Morgan fingerprint density at radius 1 is 1.03 bits per heavy atom. The van der Waals surface area contributed by atoms with Gasteiger partial charge in [-0.3, -0.25) is 4.79 Å². The van der Waals surface area contributed by atoms with E-state index in [0.717, 1.165) is 37.7 Å². The lowest BCUT2D eigenvalue weighted by atomic mass is 9.81. The van der Waals surface area contributed by atoms with Gasteiger partial charge in [-0.1, -0.05) is 31.4 Å². The summed E-state index contributed by atoms with van der Waals surface area (Å²) >= 11 is 0. The fourth-order valence-corrected chi connectivity index (χ4v) is 8.74. The van der Waals surface area contributed by atoms with Gasteiger partial charge in [0.15, 0.2) is 0 Å². The highest BCUT2D eigenvalue weighted by Gasteiger charge is 2.48. The highest BCUT2D eigenvalue weighted by atomic mass is 32.2. The molecule has 3 fully saturated rings. The number of benzene rings is 1. The molecule has 0 radical (unpaired) electrons. The minimum absolute atomic E-state index is 0.0969. The molecule has 2 bridgehead atoms. The monoisotopic (exact) mass is 483 g/mol. The van der Waals surface area contributed by atoms with Crippen LogP contribution in [0.3, 0.4) is 0 Å². The molecule has 32 heavy (non-hydrogen) atoms. The van der Waals surface area contributed by atoms with E-state index in [4.69, 9.17) is 0 Å². The Hall–Kier alpha value is -1.49. The second-order valence-electron chi connectivity index (χ2n) is 9.68. The Morgan fingerprint density at radius 3 is 2.22 bits per heavy atom. The van der Waals surface area contributed by atoms with Crippen LogP contribution in [0.1, 0.15) is 63.4 Å². The van der Waals surface area contributed by atoms with Crippen molar-refractivity contribution in [2.75, 3.05) is 6.26 Å². The van der Waals surface area contributed by atoms with Gasteiger partial charge in [0.1, 0.15) is 5.54 Å². The van der Waals surface area contributed by atoms with Crippen LogP contribution >= 0.6 is 0 Å². The first-order chi connectivity index (χ1) is 15.0. The van der Waals surface area contributed by atoms with Gasteiger partial charge >= 0.3 is 0 Å². The van der Waals surface area contributed by atoms with Crippen molar-refractivity contribution in [1.82, 2.24) is 14.3 Å². The molecular weight excluding hydrogens is 450 g/mol. The third-order valence-electron chi connectivity index (χ3n) is 7.16.